The van der Waals surface area contributed by atoms with Crippen molar-refractivity contribution in [1.29, 1.82) is 0 Å². The lowest BCUT2D eigenvalue weighted by molar-refractivity contribution is 0.144. The molecule has 0 bridgehead atoms. The zero-order valence-corrected chi connectivity index (χ0v) is 14.9. The third-order valence-corrected chi connectivity index (χ3v) is 5.16. The van der Waals surface area contributed by atoms with Gasteiger partial charge in [-0.1, -0.05) is 54.6 Å². The fourth-order valence-corrected chi connectivity index (χ4v) is 3.83. The highest BCUT2D eigenvalue weighted by atomic mass is 32.1. The van der Waals surface area contributed by atoms with Crippen molar-refractivity contribution in [2.45, 2.75) is 5.92 Å². The number of thiazole rings is 1. The lowest BCUT2D eigenvalue weighted by atomic mass is 9.98. The fourth-order valence-electron chi connectivity index (χ4n) is 3.27. The Morgan fingerprint density at radius 1 is 1.12 bits per heavy atom. The van der Waals surface area contributed by atoms with E-state index < -0.39 is 6.09 Å². The van der Waals surface area contributed by atoms with Crippen LogP contribution in [-0.2, 0) is 4.74 Å². The Labute approximate surface area is 156 Å². The number of hydrogen-bond donors (Lipinski definition) is 1. The molecule has 1 aliphatic carbocycles. The highest BCUT2D eigenvalue weighted by molar-refractivity contribution is 7.10. The smallest absolute Gasteiger partial charge is 0.407 e. The third kappa shape index (κ3) is 3.39. The number of ether oxygens (including phenoxy) is 1. The molecule has 0 atom stereocenters. The Morgan fingerprint density at radius 2 is 1.81 bits per heavy atom. The maximum atomic E-state index is 12.0. The maximum Gasteiger partial charge on any atom is 0.407 e. The Hall–Kier alpha value is -2.92. The second-order valence-corrected chi connectivity index (χ2v) is 6.91. The molecule has 0 spiro atoms. The molecule has 0 unspecified atom stereocenters. The zero-order chi connectivity index (χ0) is 17.8. The van der Waals surface area contributed by atoms with E-state index in [1.165, 1.54) is 22.3 Å². The summed E-state index contributed by atoms with van der Waals surface area (Å²) < 4.78 is 5.48. The minimum Gasteiger partial charge on any atom is -0.449 e. The number of carbonyl (C=O) groups is 1. The van der Waals surface area contributed by atoms with Crippen LogP contribution in [0.15, 0.2) is 66.2 Å². The molecule has 1 aromatic heterocycles. The average Bonchev–Trinajstić information content (AvgIpc) is 3.30. The second-order valence-electron chi connectivity index (χ2n) is 5.98. The summed E-state index contributed by atoms with van der Waals surface area (Å²) in [4.78, 5) is 16.2. The second kappa shape index (κ2) is 7.54. The molecule has 3 aromatic rings. The van der Waals surface area contributed by atoms with Gasteiger partial charge in [-0.05, 0) is 28.3 Å². The number of hydrogen-bond acceptors (Lipinski definition) is 4. The lowest BCUT2D eigenvalue weighted by Gasteiger charge is -2.14. The first-order chi connectivity index (χ1) is 12.8. The van der Waals surface area contributed by atoms with Crippen molar-refractivity contribution in [1.82, 2.24) is 10.3 Å². The van der Waals surface area contributed by atoms with Crippen LogP contribution >= 0.6 is 11.3 Å². The SMILES string of the molecule is O=C(NCC=Cc1nccs1)OCC1c2ccccc2-c2ccccc21. The molecular weight excluding hydrogens is 344 g/mol. The van der Waals surface area contributed by atoms with E-state index >= 15 is 0 Å². The normalized spacial score (nSPS) is 12.8. The van der Waals surface area contributed by atoms with E-state index in [0.29, 0.717) is 13.2 Å². The minimum absolute atomic E-state index is 0.0824. The zero-order valence-electron chi connectivity index (χ0n) is 14.1. The molecule has 0 aliphatic heterocycles. The Balaban J connectivity index is 1.36. The summed E-state index contributed by atoms with van der Waals surface area (Å²) >= 11 is 1.55. The van der Waals surface area contributed by atoms with Crippen LogP contribution in [0, 0.1) is 0 Å². The van der Waals surface area contributed by atoms with Gasteiger partial charge in [-0.15, -0.1) is 11.3 Å². The number of rotatable bonds is 5. The average molecular weight is 362 g/mol. The van der Waals surface area contributed by atoms with Gasteiger partial charge in [0.1, 0.15) is 11.6 Å². The van der Waals surface area contributed by atoms with Gasteiger partial charge in [-0.2, -0.15) is 0 Å². The van der Waals surface area contributed by atoms with Crippen LogP contribution in [0.25, 0.3) is 17.2 Å². The van der Waals surface area contributed by atoms with Crippen LogP contribution < -0.4 is 5.32 Å². The van der Waals surface area contributed by atoms with E-state index in [-0.39, 0.29) is 5.92 Å². The molecule has 26 heavy (non-hydrogen) atoms. The predicted octanol–water partition coefficient (Wildman–Crippen LogP) is 4.70. The van der Waals surface area contributed by atoms with E-state index in [9.17, 15) is 4.79 Å². The number of benzene rings is 2. The Morgan fingerprint density at radius 3 is 2.46 bits per heavy atom. The summed E-state index contributed by atoms with van der Waals surface area (Å²) in [5, 5.41) is 5.58. The number of amides is 1. The maximum absolute atomic E-state index is 12.0. The van der Waals surface area contributed by atoms with Gasteiger partial charge in [0.05, 0.1) is 0 Å². The van der Waals surface area contributed by atoms with Gasteiger partial charge in [-0.3, -0.25) is 0 Å². The van der Waals surface area contributed by atoms with E-state index in [1.54, 1.807) is 17.5 Å². The van der Waals surface area contributed by atoms with Crippen LogP contribution in [0.2, 0.25) is 0 Å². The topological polar surface area (TPSA) is 51.2 Å². The van der Waals surface area contributed by atoms with Gasteiger partial charge in [0.2, 0.25) is 0 Å². The first-order valence-corrected chi connectivity index (χ1v) is 9.36. The standard InChI is InChI=1S/C21H18N2O2S/c24-21(23-11-5-10-20-22-12-13-26-20)25-14-19-17-8-3-1-6-15(17)16-7-2-4-9-18(16)19/h1-10,12-13,19H,11,14H2,(H,23,24). The Bertz CT molecular complexity index is 889. The highest BCUT2D eigenvalue weighted by Gasteiger charge is 2.28. The van der Waals surface area contributed by atoms with E-state index in [2.05, 4.69) is 34.6 Å². The van der Waals surface area contributed by atoms with Crippen molar-refractivity contribution >= 4 is 23.5 Å². The van der Waals surface area contributed by atoms with Gasteiger partial charge in [0.15, 0.2) is 0 Å². The van der Waals surface area contributed by atoms with Crippen LogP contribution in [0.3, 0.4) is 0 Å². The Kier molecular flexibility index (Phi) is 4.80. The molecular formula is C21H18N2O2S. The molecule has 2 aromatic carbocycles. The number of fused-ring (bicyclic) bond motifs is 3. The van der Waals surface area contributed by atoms with E-state index in [4.69, 9.17) is 4.74 Å². The monoisotopic (exact) mass is 362 g/mol. The summed E-state index contributed by atoms with van der Waals surface area (Å²) in [6.45, 7) is 0.742. The quantitative estimate of drug-likeness (QED) is 0.716. The molecule has 1 N–H and O–H groups in total. The molecule has 130 valence electrons. The summed E-state index contributed by atoms with van der Waals surface area (Å²) in [6, 6.07) is 16.6. The van der Waals surface area contributed by atoms with E-state index in [1.807, 2.05) is 41.8 Å². The van der Waals surface area contributed by atoms with Gasteiger partial charge in [0, 0.05) is 24.0 Å². The van der Waals surface area contributed by atoms with Crippen molar-refractivity contribution in [3.8, 4) is 11.1 Å². The minimum atomic E-state index is -0.407. The van der Waals surface area contributed by atoms with Crippen molar-refractivity contribution in [3.63, 3.8) is 0 Å². The molecule has 5 heteroatoms. The van der Waals surface area contributed by atoms with Gasteiger partial charge in [-0.25, -0.2) is 9.78 Å². The molecule has 0 saturated carbocycles. The first kappa shape index (κ1) is 16.5. The molecule has 4 rings (SSSR count). The predicted molar refractivity (Wildman–Crippen MR) is 104 cm³/mol. The third-order valence-electron chi connectivity index (χ3n) is 4.42. The molecule has 0 radical (unpaired) electrons. The highest BCUT2D eigenvalue weighted by Crippen LogP contribution is 2.44. The fraction of sp³-hybridized carbons (Fsp3) is 0.143. The van der Waals surface area contributed by atoms with Gasteiger partial charge in [0.25, 0.3) is 0 Å². The number of nitrogens with one attached hydrogen (secondary N) is 1. The van der Waals surface area contributed by atoms with Gasteiger partial charge < -0.3 is 10.1 Å². The largest absolute Gasteiger partial charge is 0.449 e. The van der Waals surface area contributed by atoms with Crippen molar-refractivity contribution in [2.24, 2.45) is 0 Å². The van der Waals surface area contributed by atoms with Crippen LogP contribution in [0.1, 0.15) is 22.1 Å². The lowest BCUT2D eigenvalue weighted by Crippen LogP contribution is -2.26. The summed E-state index contributed by atoms with van der Waals surface area (Å²) in [6.07, 6.45) is 5.09. The van der Waals surface area contributed by atoms with Gasteiger partial charge >= 0.3 is 6.09 Å². The molecule has 1 heterocycles. The molecule has 0 saturated heterocycles. The molecule has 1 aliphatic rings. The number of nitrogens with zero attached hydrogens (tertiary/aromatic N) is 1. The van der Waals surface area contributed by atoms with E-state index in [0.717, 1.165) is 5.01 Å². The molecule has 0 fully saturated rings. The molecule has 4 nitrogen and oxygen atoms in total. The summed E-state index contributed by atoms with van der Waals surface area (Å²) in [7, 11) is 0. The number of carbonyl (C=O) groups excluding carboxylic acids is 1. The van der Waals surface area contributed by atoms with Crippen LogP contribution in [0.5, 0.6) is 0 Å². The first-order valence-electron chi connectivity index (χ1n) is 8.48. The van der Waals surface area contributed by atoms with Crippen LogP contribution in [-0.4, -0.2) is 24.2 Å². The van der Waals surface area contributed by atoms with Crippen molar-refractivity contribution in [3.05, 3.63) is 82.3 Å². The van der Waals surface area contributed by atoms with Crippen molar-refractivity contribution < 1.29 is 9.53 Å². The number of aromatic nitrogens is 1. The molecule has 1 amide bonds. The van der Waals surface area contributed by atoms with Crippen LogP contribution in [0.4, 0.5) is 4.79 Å². The summed E-state index contributed by atoms with van der Waals surface area (Å²) in [5.74, 6) is 0.0824. The van der Waals surface area contributed by atoms with Crippen molar-refractivity contribution in [2.75, 3.05) is 13.2 Å². The number of alkyl carbamates (subject to hydrolysis) is 1. The summed E-state index contributed by atoms with van der Waals surface area (Å²) in [5.41, 5.74) is 4.88.